The van der Waals surface area contributed by atoms with E-state index in [1.54, 1.807) is 4.68 Å². The number of para-hydroxylation sites is 1. The second-order valence-corrected chi connectivity index (χ2v) is 6.57. The maximum atomic E-state index is 14.0. The highest BCUT2D eigenvalue weighted by molar-refractivity contribution is 5.95. The van der Waals surface area contributed by atoms with Crippen LogP contribution in [0.1, 0.15) is 18.3 Å². The number of nitrogens with zero attached hydrogens (tertiary/aromatic N) is 2. The fourth-order valence-electron chi connectivity index (χ4n) is 2.95. The van der Waals surface area contributed by atoms with Gasteiger partial charge in [0, 0.05) is 12.6 Å². The van der Waals surface area contributed by atoms with Gasteiger partial charge in [0.2, 0.25) is 11.8 Å². The minimum Gasteiger partial charge on any atom is -0.374 e. The molecule has 3 rings (SSSR count). The van der Waals surface area contributed by atoms with Crippen LogP contribution in [0.25, 0.3) is 5.69 Å². The van der Waals surface area contributed by atoms with Crippen LogP contribution in [-0.2, 0) is 9.59 Å². The molecule has 150 valence electrons. The number of benzene rings is 2. The first-order valence-corrected chi connectivity index (χ1v) is 9.07. The number of nitrogens with one attached hydrogen (secondary N) is 3. The average Bonchev–Trinajstić information content (AvgIpc) is 2.97. The summed E-state index contributed by atoms with van der Waals surface area (Å²) in [6.45, 7) is 4.90. The summed E-state index contributed by atoms with van der Waals surface area (Å²) in [5.41, 5.74) is 3.55. The lowest BCUT2D eigenvalue weighted by atomic mass is 10.2. The number of aromatic nitrogens is 2. The lowest BCUT2D eigenvalue weighted by molar-refractivity contribution is -0.115. The van der Waals surface area contributed by atoms with E-state index in [0.29, 0.717) is 17.1 Å². The van der Waals surface area contributed by atoms with E-state index >= 15 is 0 Å². The zero-order valence-electron chi connectivity index (χ0n) is 16.4. The molecule has 0 fully saturated rings. The predicted octanol–water partition coefficient (Wildman–Crippen LogP) is 3.64. The molecule has 0 saturated carbocycles. The van der Waals surface area contributed by atoms with Crippen molar-refractivity contribution in [3.63, 3.8) is 0 Å². The minimum atomic E-state index is -0.517. The third kappa shape index (κ3) is 4.78. The second kappa shape index (κ2) is 8.55. The van der Waals surface area contributed by atoms with Crippen LogP contribution in [0.15, 0.2) is 48.5 Å². The minimum absolute atomic E-state index is 0.125. The highest BCUT2D eigenvalue weighted by Gasteiger charge is 2.15. The number of halogens is 1. The molecule has 1 heterocycles. The van der Waals surface area contributed by atoms with Gasteiger partial charge in [0.1, 0.15) is 5.82 Å². The summed E-state index contributed by atoms with van der Waals surface area (Å²) in [7, 11) is 0. The van der Waals surface area contributed by atoms with Crippen LogP contribution in [-0.4, -0.2) is 28.1 Å². The molecule has 7 nitrogen and oxygen atoms in total. The lowest BCUT2D eigenvalue weighted by Gasteiger charge is -2.11. The molecule has 0 bridgehead atoms. The Balaban J connectivity index is 1.69. The normalized spacial score (nSPS) is 10.5. The van der Waals surface area contributed by atoms with Crippen molar-refractivity contribution in [3.8, 4) is 5.69 Å². The maximum absolute atomic E-state index is 14.0. The second-order valence-electron chi connectivity index (χ2n) is 6.57. The van der Waals surface area contributed by atoms with E-state index in [-0.39, 0.29) is 24.0 Å². The topological polar surface area (TPSA) is 88.1 Å². The van der Waals surface area contributed by atoms with Crippen LogP contribution < -0.4 is 16.0 Å². The van der Waals surface area contributed by atoms with Crippen LogP contribution >= 0.6 is 0 Å². The highest BCUT2D eigenvalue weighted by atomic mass is 19.1. The Morgan fingerprint density at radius 3 is 2.48 bits per heavy atom. The van der Waals surface area contributed by atoms with E-state index < -0.39 is 5.82 Å². The van der Waals surface area contributed by atoms with Gasteiger partial charge in [0.15, 0.2) is 0 Å². The highest BCUT2D eigenvalue weighted by Crippen LogP contribution is 2.23. The zero-order valence-corrected chi connectivity index (χ0v) is 16.4. The van der Waals surface area contributed by atoms with Gasteiger partial charge in [-0.1, -0.05) is 18.2 Å². The Morgan fingerprint density at radius 2 is 1.79 bits per heavy atom. The molecular formula is C21H22FN5O2. The predicted molar refractivity (Wildman–Crippen MR) is 111 cm³/mol. The summed E-state index contributed by atoms with van der Waals surface area (Å²) in [6, 6.07) is 13.7. The van der Waals surface area contributed by atoms with Crippen molar-refractivity contribution in [3.05, 3.63) is 65.7 Å². The maximum Gasteiger partial charge on any atom is 0.243 e. The summed E-state index contributed by atoms with van der Waals surface area (Å²) in [5, 5.41) is 12.6. The van der Waals surface area contributed by atoms with Crippen molar-refractivity contribution >= 4 is 28.9 Å². The molecule has 3 aromatic rings. The SMILES string of the molecule is CC(=O)Nc1ccc(F)c(NCC(=O)Nc2c(C)nn(-c3ccccc3)c2C)c1. The molecule has 3 N–H and O–H groups in total. The van der Waals surface area contributed by atoms with Gasteiger partial charge < -0.3 is 16.0 Å². The Morgan fingerprint density at radius 1 is 1.07 bits per heavy atom. The van der Waals surface area contributed by atoms with Crippen molar-refractivity contribution in [2.75, 3.05) is 22.5 Å². The Hall–Kier alpha value is -3.68. The first-order chi connectivity index (χ1) is 13.8. The van der Waals surface area contributed by atoms with Gasteiger partial charge in [-0.2, -0.15) is 5.10 Å². The number of hydrogen-bond acceptors (Lipinski definition) is 4. The quantitative estimate of drug-likeness (QED) is 0.595. The van der Waals surface area contributed by atoms with Gasteiger partial charge in [-0.05, 0) is 44.2 Å². The Bertz CT molecular complexity index is 1050. The number of aryl methyl sites for hydroxylation is 1. The molecule has 1 aromatic heterocycles. The van der Waals surface area contributed by atoms with Crippen LogP contribution in [0, 0.1) is 19.7 Å². The molecule has 2 aromatic carbocycles. The fraction of sp³-hybridized carbons (Fsp3) is 0.190. The molecular weight excluding hydrogens is 373 g/mol. The molecule has 0 saturated heterocycles. The standard InChI is InChI=1S/C21H22FN5O2/c1-13-21(14(2)27(26-13)17-7-5-4-6-8-17)25-20(29)12-23-19-11-16(24-15(3)28)9-10-18(19)22/h4-11,23H,12H2,1-3H3,(H,24,28)(H,25,29). The number of hydrogen-bond donors (Lipinski definition) is 3. The van der Waals surface area contributed by atoms with E-state index in [9.17, 15) is 14.0 Å². The van der Waals surface area contributed by atoms with Crippen LogP contribution in [0.3, 0.4) is 0 Å². The monoisotopic (exact) mass is 395 g/mol. The lowest BCUT2D eigenvalue weighted by Crippen LogP contribution is -2.23. The van der Waals surface area contributed by atoms with Gasteiger partial charge in [0.05, 0.1) is 35.0 Å². The van der Waals surface area contributed by atoms with Crippen LogP contribution in [0.4, 0.5) is 21.5 Å². The van der Waals surface area contributed by atoms with Crippen molar-refractivity contribution in [2.24, 2.45) is 0 Å². The summed E-state index contributed by atoms with van der Waals surface area (Å²) < 4.78 is 15.7. The van der Waals surface area contributed by atoms with Gasteiger partial charge in [-0.3, -0.25) is 9.59 Å². The van der Waals surface area contributed by atoms with Crippen molar-refractivity contribution in [1.29, 1.82) is 0 Å². The van der Waals surface area contributed by atoms with E-state index in [4.69, 9.17) is 0 Å². The third-order valence-electron chi connectivity index (χ3n) is 4.28. The van der Waals surface area contributed by atoms with E-state index in [1.165, 1.54) is 25.1 Å². The van der Waals surface area contributed by atoms with Gasteiger partial charge in [-0.15, -0.1) is 0 Å². The molecule has 0 unspecified atom stereocenters. The zero-order chi connectivity index (χ0) is 21.0. The van der Waals surface area contributed by atoms with E-state index in [1.807, 2.05) is 44.2 Å². The molecule has 29 heavy (non-hydrogen) atoms. The number of rotatable bonds is 6. The van der Waals surface area contributed by atoms with Crippen LogP contribution in [0.5, 0.6) is 0 Å². The molecule has 8 heteroatoms. The number of carbonyl (C=O) groups is 2. The van der Waals surface area contributed by atoms with Gasteiger partial charge >= 0.3 is 0 Å². The first-order valence-electron chi connectivity index (χ1n) is 9.07. The average molecular weight is 395 g/mol. The smallest absolute Gasteiger partial charge is 0.243 e. The fourth-order valence-corrected chi connectivity index (χ4v) is 2.95. The molecule has 0 aliphatic rings. The molecule has 0 spiro atoms. The van der Waals surface area contributed by atoms with Gasteiger partial charge in [0.25, 0.3) is 0 Å². The van der Waals surface area contributed by atoms with E-state index in [2.05, 4.69) is 21.0 Å². The van der Waals surface area contributed by atoms with Crippen molar-refractivity contribution < 1.29 is 14.0 Å². The van der Waals surface area contributed by atoms with Gasteiger partial charge in [-0.25, -0.2) is 9.07 Å². The largest absolute Gasteiger partial charge is 0.374 e. The Kier molecular flexibility index (Phi) is 5.92. The third-order valence-corrected chi connectivity index (χ3v) is 4.28. The van der Waals surface area contributed by atoms with Crippen LogP contribution in [0.2, 0.25) is 0 Å². The summed E-state index contributed by atoms with van der Waals surface area (Å²) in [4.78, 5) is 23.6. The molecule has 0 radical (unpaired) electrons. The number of anilines is 3. The molecule has 0 aliphatic heterocycles. The summed E-state index contributed by atoms with van der Waals surface area (Å²) in [6.07, 6.45) is 0. The summed E-state index contributed by atoms with van der Waals surface area (Å²) >= 11 is 0. The number of amides is 2. The van der Waals surface area contributed by atoms with Crippen molar-refractivity contribution in [1.82, 2.24) is 9.78 Å². The first kappa shape index (κ1) is 20.1. The van der Waals surface area contributed by atoms with E-state index in [0.717, 1.165) is 11.4 Å². The summed E-state index contributed by atoms with van der Waals surface area (Å²) in [5.74, 6) is -1.12. The molecule has 2 amide bonds. The van der Waals surface area contributed by atoms with Crippen molar-refractivity contribution in [2.45, 2.75) is 20.8 Å². The Labute approximate surface area is 167 Å². The number of carbonyl (C=O) groups excluding carboxylic acids is 2. The molecule has 0 atom stereocenters. The molecule has 0 aliphatic carbocycles.